The van der Waals surface area contributed by atoms with Gasteiger partial charge in [0.15, 0.2) is 0 Å². The highest BCUT2D eigenvalue weighted by molar-refractivity contribution is 7.12. The zero-order valence-electron chi connectivity index (χ0n) is 11.6. The van der Waals surface area contributed by atoms with E-state index in [4.69, 9.17) is 4.74 Å². The summed E-state index contributed by atoms with van der Waals surface area (Å²) in [4.78, 5) is 2.72. The maximum Gasteiger partial charge on any atom is 0.0882 e. The Kier molecular flexibility index (Phi) is 4.57. The van der Waals surface area contributed by atoms with Gasteiger partial charge in [0.2, 0.25) is 0 Å². The third-order valence-corrected chi connectivity index (χ3v) is 5.71. The Bertz CT molecular complexity index is 383. The topological polar surface area (TPSA) is 29.5 Å². The largest absolute Gasteiger partial charge is 0.388 e. The molecule has 2 aliphatic rings. The molecule has 2 unspecified atom stereocenters. The molecule has 0 bridgehead atoms. The molecule has 1 saturated heterocycles. The van der Waals surface area contributed by atoms with Crippen molar-refractivity contribution >= 4 is 11.3 Å². The quantitative estimate of drug-likeness (QED) is 0.883. The molecular formula is C16H24O2S. The first-order valence-electron chi connectivity index (χ1n) is 7.74. The Morgan fingerprint density at radius 2 is 2.21 bits per heavy atom. The fraction of sp³-hybridized carbons (Fsp3) is 0.750. The number of aliphatic hydroxyl groups is 1. The van der Waals surface area contributed by atoms with Crippen LogP contribution in [0.2, 0.25) is 0 Å². The summed E-state index contributed by atoms with van der Waals surface area (Å²) >= 11 is 1.84. The van der Waals surface area contributed by atoms with E-state index in [2.05, 4.69) is 6.07 Å². The molecule has 3 heteroatoms. The molecule has 2 heterocycles. The van der Waals surface area contributed by atoms with Crippen molar-refractivity contribution in [2.45, 2.75) is 70.0 Å². The SMILES string of the molecule is OC(CCCC1CCCO1)c1cc2c(s1)CCCC2. The predicted octanol–water partition coefficient (Wildman–Crippen LogP) is 4.01. The average Bonchev–Trinajstić information content (AvgIpc) is 3.07. The highest BCUT2D eigenvalue weighted by atomic mass is 32.1. The minimum absolute atomic E-state index is 0.253. The maximum atomic E-state index is 10.3. The summed E-state index contributed by atoms with van der Waals surface area (Å²) in [6.45, 7) is 0.935. The van der Waals surface area contributed by atoms with E-state index in [9.17, 15) is 5.11 Å². The van der Waals surface area contributed by atoms with E-state index in [1.165, 1.54) is 53.8 Å². The molecule has 0 spiro atoms. The lowest BCUT2D eigenvalue weighted by atomic mass is 9.98. The van der Waals surface area contributed by atoms with Crippen LogP contribution in [-0.4, -0.2) is 17.8 Å². The molecule has 2 nitrogen and oxygen atoms in total. The van der Waals surface area contributed by atoms with Gasteiger partial charge in [-0.1, -0.05) is 0 Å². The molecule has 0 saturated carbocycles. The first-order chi connectivity index (χ1) is 9.33. The van der Waals surface area contributed by atoms with Gasteiger partial charge in [-0.3, -0.25) is 0 Å². The van der Waals surface area contributed by atoms with Gasteiger partial charge >= 0.3 is 0 Å². The highest BCUT2D eigenvalue weighted by Gasteiger charge is 2.19. The number of aryl methyl sites for hydroxylation is 2. The van der Waals surface area contributed by atoms with Crippen LogP contribution in [0.5, 0.6) is 0 Å². The van der Waals surface area contributed by atoms with Crippen molar-refractivity contribution in [3.05, 3.63) is 21.4 Å². The van der Waals surface area contributed by atoms with Crippen molar-refractivity contribution in [3.8, 4) is 0 Å². The summed E-state index contributed by atoms with van der Waals surface area (Å²) in [5, 5.41) is 10.3. The number of hydrogen-bond donors (Lipinski definition) is 1. The van der Waals surface area contributed by atoms with Crippen LogP contribution in [0.15, 0.2) is 6.07 Å². The molecule has 1 aromatic heterocycles. The molecule has 0 amide bonds. The van der Waals surface area contributed by atoms with E-state index in [0.717, 1.165) is 25.9 Å². The maximum absolute atomic E-state index is 10.3. The van der Waals surface area contributed by atoms with Gasteiger partial charge in [0, 0.05) is 16.4 Å². The smallest absolute Gasteiger partial charge is 0.0882 e. The first-order valence-corrected chi connectivity index (χ1v) is 8.56. The number of hydrogen-bond acceptors (Lipinski definition) is 3. The molecular weight excluding hydrogens is 256 g/mol. The normalized spacial score (nSPS) is 24.4. The lowest BCUT2D eigenvalue weighted by Gasteiger charge is -2.11. The van der Waals surface area contributed by atoms with Gasteiger partial charge < -0.3 is 9.84 Å². The number of fused-ring (bicyclic) bond motifs is 1. The molecule has 0 aromatic carbocycles. The zero-order chi connectivity index (χ0) is 13.1. The number of aliphatic hydroxyl groups excluding tert-OH is 1. The van der Waals surface area contributed by atoms with Crippen LogP contribution in [-0.2, 0) is 17.6 Å². The number of ether oxygens (including phenoxy) is 1. The molecule has 1 aliphatic carbocycles. The minimum atomic E-state index is -0.253. The van der Waals surface area contributed by atoms with Crippen molar-refractivity contribution in [1.29, 1.82) is 0 Å². The summed E-state index contributed by atoms with van der Waals surface area (Å²) in [5.41, 5.74) is 1.50. The van der Waals surface area contributed by atoms with E-state index in [1.54, 1.807) is 0 Å². The second-order valence-electron chi connectivity index (χ2n) is 5.89. The van der Waals surface area contributed by atoms with Gasteiger partial charge in [-0.2, -0.15) is 0 Å². The Labute approximate surface area is 119 Å². The van der Waals surface area contributed by atoms with E-state index in [1.807, 2.05) is 11.3 Å². The Morgan fingerprint density at radius 1 is 1.32 bits per heavy atom. The van der Waals surface area contributed by atoms with Crippen LogP contribution < -0.4 is 0 Å². The van der Waals surface area contributed by atoms with Gasteiger partial charge in [0.25, 0.3) is 0 Å². The van der Waals surface area contributed by atoms with Crippen molar-refractivity contribution in [2.75, 3.05) is 6.61 Å². The van der Waals surface area contributed by atoms with E-state index in [-0.39, 0.29) is 6.10 Å². The van der Waals surface area contributed by atoms with E-state index >= 15 is 0 Å². The van der Waals surface area contributed by atoms with Crippen LogP contribution >= 0.6 is 11.3 Å². The number of rotatable bonds is 5. The van der Waals surface area contributed by atoms with Crippen LogP contribution in [0.3, 0.4) is 0 Å². The van der Waals surface area contributed by atoms with Gasteiger partial charge in [-0.25, -0.2) is 0 Å². The third-order valence-electron chi connectivity index (χ3n) is 4.37. The highest BCUT2D eigenvalue weighted by Crippen LogP contribution is 2.34. The molecule has 1 aliphatic heterocycles. The molecule has 0 radical (unpaired) electrons. The van der Waals surface area contributed by atoms with Crippen molar-refractivity contribution in [3.63, 3.8) is 0 Å². The van der Waals surface area contributed by atoms with E-state index < -0.39 is 0 Å². The summed E-state index contributed by atoms with van der Waals surface area (Å²) in [6.07, 6.45) is 10.8. The molecule has 19 heavy (non-hydrogen) atoms. The van der Waals surface area contributed by atoms with Crippen molar-refractivity contribution < 1.29 is 9.84 Å². The fourth-order valence-corrected chi connectivity index (χ4v) is 4.51. The minimum Gasteiger partial charge on any atom is -0.388 e. The van der Waals surface area contributed by atoms with Gasteiger partial charge in [-0.05, 0) is 69.4 Å². The van der Waals surface area contributed by atoms with Crippen LogP contribution in [0, 0.1) is 0 Å². The Balaban J connectivity index is 1.49. The van der Waals surface area contributed by atoms with Crippen LogP contribution in [0.1, 0.15) is 66.4 Å². The molecule has 106 valence electrons. The molecule has 1 N–H and O–H groups in total. The lowest BCUT2D eigenvalue weighted by molar-refractivity contribution is 0.0948. The van der Waals surface area contributed by atoms with Gasteiger partial charge in [0.1, 0.15) is 0 Å². The van der Waals surface area contributed by atoms with Crippen molar-refractivity contribution in [1.82, 2.24) is 0 Å². The monoisotopic (exact) mass is 280 g/mol. The fourth-order valence-electron chi connectivity index (χ4n) is 3.23. The predicted molar refractivity (Wildman–Crippen MR) is 78.7 cm³/mol. The molecule has 3 rings (SSSR count). The van der Waals surface area contributed by atoms with Crippen LogP contribution in [0.25, 0.3) is 0 Å². The average molecular weight is 280 g/mol. The zero-order valence-corrected chi connectivity index (χ0v) is 12.4. The standard InChI is InChI=1S/C16H24O2S/c17-14(8-3-6-13-7-4-10-18-13)16-11-12-5-1-2-9-15(12)19-16/h11,13-14,17H,1-10H2. The number of thiophene rings is 1. The second kappa shape index (κ2) is 6.38. The molecule has 2 atom stereocenters. The molecule has 1 fully saturated rings. The summed E-state index contributed by atoms with van der Waals surface area (Å²) in [6, 6.07) is 2.26. The molecule has 1 aromatic rings. The van der Waals surface area contributed by atoms with Crippen LogP contribution in [0.4, 0.5) is 0 Å². The second-order valence-corrected chi connectivity index (χ2v) is 7.05. The lowest BCUT2D eigenvalue weighted by Crippen LogP contribution is -2.05. The van der Waals surface area contributed by atoms with Gasteiger partial charge in [-0.15, -0.1) is 11.3 Å². The summed E-state index contributed by atoms with van der Waals surface area (Å²) in [7, 11) is 0. The van der Waals surface area contributed by atoms with Gasteiger partial charge in [0.05, 0.1) is 12.2 Å². The first kappa shape index (κ1) is 13.6. The Hall–Kier alpha value is -0.380. The summed E-state index contributed by atoms with van der Waals surface area (Å²) < 4.78 is 5.63. The Morgan fingerprint density at radius 3 is 3.00 bits per heavy atom. The third kappa shape index (κ3) is 3.39. The van der Waals surface area contributed by atoms with Crippen molar-refractivity contribution in [2.24, 2.45) is 0 Å². The summed E-state index contributed by atoms with van der Waals surface area (Å²) in [5.74, 6) is 0. The van der Waals surface area contributed by atoms with E-state index in [0.29, 0.717) is 6.10 Å².